The Kier molecular flexibility index (Phi) is 9.54. The molecule has 4 aromatic rings. The lowest BCUT2D eigenvalue weighted by Gasteiger charge is -2.27. The van der Waals surface area contributed by atoms with Gasteiger partial charge in [-0.05, 0) is 78.6 Å². The molecular formula is C36H33FN2O6. The maximum Gasteiger partial charge on any atom is 0.343 e. The maximum absolute atomic E-state index is 13.3. The number of carbonyl (C=O) groups is 1. The van der Waals surface area contributed by atoms with Crippen LogP contribution in [0.2, 0.25) is 0 Å². The fourth-order valence-electron chi connectivity index (χ4n) is 4.79. The number of allylic oxidation sites excluding steroid dienone is 1. The zero-order chi connectivity index (χ0) is 31.9. The average molecular weight is 609 g/mol. The van der Waals surface area contributed by atoms with E-state index < -0.39 is 11.9 Å². The zero-order valence-corrected chi connectivity index (χ0v) is 25.2. The van der Waals surface area contributed by atoms with Crippen molar-refractivity contribution >= 4 is 5.97 Å². The number of hydrogen-bond acceptors (Lipinski definition) is 8. The molecule has 2 N–H and O–H groups in total. The second kappa shape index (κ2) is 13.9. The first-order valence-electron chi connectivity index (χ1n) is 14.6. The smallest absolute Gasteiger partial charge is 0.343 e. The van der Waals surface area contributed by atoms with Gasteiger partial charge in [-0.25, -0.2) is 9.18 Å². The van der Waals surface area contributed by atoms with Gasteiger partial charge in [0.1, 0.15) is 41.3 Å². The minimum absolute atomic E-state index is 0.0509. The molecule has 0 radical (unpaired) electrons. The van der Waals surface area contributed by atoms with Gasteiger partial charge in [0.05, 0.1) is 24.7 Å². The molecule has 9 heteroatoms. The van der Waals surface area contributed by atoms with Gasteiger partial charge in [-0.15, -0.1) is 0 Å². The number of nitrogens with zero attached hydrogens (tertiary/aromatic N) is 1. The fraction of sp³-hybridized carbons (Fsp3) is 0.222. The van der Waals surface area contributed by atoms with Crippen LogP contribution in [0.5, 0.6) is 28.7 Å². The first kappa shape index (κ1) is 31.0. The number of halogens is 1. The van der Waals surface area contributed by atoms with Gasteiger partial charge in [-0.3, -0.25) is 0 Å². The molecule has 0 saturated carbocycles. The van der Waals surface area contributed by atoms with Crippen molar-refractivity contribution in [2.45, 2.75) is 33.3 Å². The molecule has 45 heavy (non-hydrogen) atoms. The van der Waals surface area contributed by atoms with Gasteiger partial charge >= 0.3 is 5.97 Å². The third-order valence-corrected chi connectivity index (χ3v) is 6.98. The highest BCUT2D eigenvalue weighted by Crippen LogP contribution is 2.45. The van der Waals surface area contributed by atoms with Gasteiger partial charge in [-0.1, -0.05) is 38.1 Å². The summed E-state index contributed by atoms with van der Waals surface area (Å²) in [6.45, 7) is 7.15. The number of benzene rings is 4. The Bertz CT molecular complexity index is 1740. The van der Waals surface area contributed by atoms with E-state index in [9.17, 15) is 14.4 Å². The van der Waals surface area contributed by atoms with E-state index in [4.69, 9.17) is 29.4 Å². The topological polar surface area (TPSA) is 113 Å². The van der Waals surface area contributed by atoms with Gasteiger partial charge in [-0.2, -0.15) is 5.26 Å². The maximum atomic E-state index is 13.3. The second-order valence-electron chi connectivity index (χ2n) is 10.8. The summed E-state index contributed by atoms with van der Waals surface area (Å²) >= 11 is 0. The molecule has 5 rings (SSSR count). The number of carbonyl (C=O) groups excluding carboxylic acids is 1. The summed E-state index contributed by atoms with van der Waals surface area (Å²) in [5.41, 5.74) is 8.99. The summed E-state index contributed by atoms with van der Waals surface area (Å²) in [6, 6.07) is 25.3. The quantitative estimate of drug-likeness (QED) is 0.140. The monoisotopic (exact) mass is 608 g/mol. The van der Waals surface area contributed by atoms with Crippen LogP contribution < -0.4 is 29.4 Å². The highest BCUT2D eigenvalue weighted by atomic mass is 19.1. The Morgan fingerprint density at radius 3 is 2.36 bits per heavy atom. The SMILES string of the molecule is CCOc1cc(C2C(C#N)=C(N)Oc3cc(OC(=O)c4ccc(OCC(C)C)cc4)ccc32)ccc1OCc1ccc(F)cc1. The first-order valence-corrected chi connectivity index (χ1v) is 14.6. The van der Waals surface area contributed by atoms with Crippen molar-refractivity contribution < 1.29 is 32.9 Å². The van der Waals surface area contributed by atoms with Gasteiger partial charge in [0, 0.05) is 11.6 Å². The van der Waals surface area contributed by atoms with Crippen molar-refractivity contribution in [3.63, 3.8) is 0 Å². The largest absolute Gasteiger partial charge is 0.493 e. The van der Waals surface area contributed by atoms with Crippen LogP contribution in [-0.4, -0.2) is 19.2 Å². The van der Waals surface area contributed by atoms with Crippen LogP contribution in [0, 0.1) is 23.1 Å². The highest BCUT2D eigenvalue weighted by molar-refractivity contribution is 5.91. The molecule has 1 heterocycles. The standard InChI is InChI=1S/C36H33FN2O6/c1-4-41-33-17-25(9-16-31(33)43-21-23-5-10-26(37)11-6-23)34-29-15-14-28(18-32(29)45-35(39)30(34)19-38)44-36(40)24-7-12-27(13-8-24)42-20-22(2)3/h5-18,22,34H,4,20-21,39H2,1-3H3. The first-order chi connectivity index (χ1) is 21.7. The lowest BCUT2D eigenvalue weighted by Crippen LogP contribution is -2.21. The number of hydrogen-bond donors (Lipinski definition) is 1. The highest BCUT2D eigenvalue weighted by Gasteiger charge is 2.32. The molecule has 0 bridgehead atoms. The third-order valence-electron chi connectivity index (χ3n) is 6.98. The third kappa shape index (κ3) is 7.36. The summed E-state index contributed by atoms with van der Waals surface area (Å²) in [7, 11) is 0. The Hall–Kier alpha value is -5.49. The van der Waals surface area contributed by atoms with Gasteiger partial charge < -0.3 is 29.4 Å². The minimum Gasteiger partial charge on any atom is -0.493 e. The summed E-state index contributed by atoms with van der Waals surface area (Å²) < 4.78 is 42.3. The van der Waals surface area contributed by atoms with E-state index in [1.54, 1.807) is 66.7 Å². The van der Waals surface area contributed by atoms with E-state index in [-0.39, 0.29) is 29.6 Å². The van der Waals surface area contributed by atoms with Gasteiger partial charge in [0.15, 0.2) is 11.5 Å². The van der Waals surface area contributed by atoms with Crippen molar-refractivity contribution in [3.05, 3.63) is 124 Å². The number of fused-ring (bicyclic) bond motifs is 1. The number of esters is 1. The van der Waals surface area contributed by atoms with Crippen molar-refractivity contribution in [1.82, 2.24) is 0 Å². The van der Waals surface area contributed by atoms with E-state index in [1.165, 1.54) is 12.1 Å². The van der Waals surface area contributed by atoms with Crippen molar-refractivity contribution in [3.8, 4) is 34.8 Å². The molecule has 1 aliphatic rings. The average Bonchev–Trinajstić information content (AvgIpc) is 3.03. The molecule has 0 amide bonds. The Morgan fingerprint density at radius 1 is 0.933 bits per heavy atom. The molecule has 4 aromatic carbocycles. The molecule has 230 valence electrons. The summed E-state index contributed by atoms with van der Waals surface area (Å²) in [5.74, 6) is 1.14. The van der Waals surface area contributed by atoms with Crippen LogP contribution in [0.4, 0.5) is 4.39 Å². The number of ether oxygens (including phenoxy) is 5. The van der Waals surface area contributed by atoms with E-state index in [2.05, 4.69) is 19.9 Å². The van der Waals surface area contributed by atoms with Gasteiger partial charge in [0.2, 0.25) is 5.88 Å². The van der Waals surface area contributed by atoms with E-state index >= 15 is 0 Å². The Balaban J connectivity index is 1.38. The number of nitriles is 1. The molecule has 1 aliphatic heterocycles. The minimum atomic E-state index is -0.577. The lowest BCUT2D eigenvalue weighted by atomic mass is 9.83. The van der Waals surface area contributed by atoms with Crippen molar-refractivity contribution in [2.75, 3.05) is 13.2 Å². The summed E-state index contributed by atoms with van der Waals surface area (Å²) in [6.07, 6.45) is 0. The summed E-state index contributed by atoms with van der Waals surface area (Å²) in [5, 5.41) is 10.0. The Morgan fingerprint density at radius 2 is 1.67 bits per heavy atom. The van der Waals surface area contributed by atoms with E-state index in [0.717, 1.165) is 11.1 Å². The second-order valence-corrected chi connectivity index (χ2v) is 10.8. The van der Waals surface area contributed by atoms with Crippen LogP contribution >= 0.6 is 0 Å². The normalized spacial score (nSPS) is 13.8. The van der Waals surface area contributed by atoms with E-state index in [0.29, 0.717) is 53.3 Å². The fourth-order valence-corrected chi connectivity index (χ4v) is 4.79. The Labute approximate surface area is 261 Å². The van der Waals surface area contributed by atoms with Crippen LogP contribution in [-0.2, 0) is 6.61 Å². The number of nitrogens with two attached hydrogens (primary N) is 1. The number of rotatable bonds is 11. The summed E-state index contributed by atoms with van der Waals surface area (Å²) in [4.78, 5) is 12.9. The zero-order valence-electron chi connectivity index (χ0n) is 25.2. The molecule has 1 unspecified atom stereocenters. The predicted molar refractivity (Wildman–Crippen MR) is 166 cm³/mol. The molecule has 0 fully saturated rings. The molecule has 1 atom stereocenters. The predicted octanol–water partition coefficient (Wildman–Crippen LogP) is 7.28. The lowest BCUT2D eigenvalue weighted by molar-refractivity contribution is 0.0734. The molecular weight excluding hydrogens is 575 g/mol. The van der Waals surface area contributed by atoms with Crippen LogP contribution in [0.25, 0.3) is 0 Å². The molecule has 0 aromatic heterocycles. The van der Waals surface area contributed by atoms with Crippen molar-refractivity contribution in [1.29, 1.82) is 5.26 Å². The van der Waals surface area contributed by atoms with E-state index in [1.807, 2.05) is 13.0 Å². The molecule has 8 nitrogen and oxygen atoms in total. The molecule has 0 saturated heterocycles. The molecule has 0 aliphatic carbocycles. The van der Waals surface area contributed by atoms with Crippen molar-refractivity contribution in [2.24, 2.45) is 11.7 Å². The van der Waals surface area contributed by atoms with Gasteiger partial charge in [0.25, 0.3) is 0 Å². The van der Waals surface area contributed by atoms with Crippen LogP contribution in [0.3, 0.4) is 0 Å². The van der Waals surface area contributed by atoms with Crippen LogP contribution in [0.15, 0.2) is 96.4 Å². The van der Waals surface area contributed by atoms with Crippen LogP contribution in [0.1, 0.15) is 53.7 Å². The molecule has 0 spiro atoms.